The fourth-order valence-electron chi connectivity index (χ4n) is 1.12. The quantitative estimate of drug-likeness (QED) is 0.425. The van der Waals surface area contributed by atoms with E-state index >= 15 is 0 Å². The van der Waals surface area contributed by atoms with Crippen LogP contribution in [-0.4, -0.2) is 22.5 Å². The van der Waals surface area contributed by atoms with Gasteiger partial charge in [0.15, 0.2) is 5.11 Å². The van der Waals surface area contributed by atoms with Crippen molar-refractivity contribution >= 4 is 28.9 Å². The Kier molecular flexibility index (Phi) is 5.00. The predicted molar refractivity (Wildman–Crippen MR) is 70.0 cm³/mol. The highest BCUT2D eigenvalue weighted by Crippen LogP contribution is 2.11. The van der Waals surface area contributed by atoms with E-state index in [9.17, 15) is 14.9 Å². The van der Waals surface area contributed by atoms with Gasteiger partial charge in [0.2, 0.25) is 0 Å². The third-order valence-corrected chi connectivity index (χ3v) is 2.21. The zero-order valence-electron chi connectivity index (χ0n) is 9.60. The standard InChI is InChI=1S/C10H12N4O3S/c1-2-11-10(18)13-12-9(15)7-3-5-8(6-4-7)14(16)17/h3-6H,2H2,1H3,(H,12,15)(H2,11,13,18). The van der Waals surface area contributed by atoms with Crippen LogP contribution in [0.4, 0.5) is 5.69 Å². The number of non-ortho nitro benzene ring substituents is 1. The van der Waals surface area contributed by atoms with Crippen molar-refractivity contribution in [3.63, 3.8) is 0 Å². The molecule has 96 valence electrons. The van der Waals surface area contributed by atoms with Crippen molar-refractivity contribution < 1.29 is 9.72 Å². The van der Waals surface area contributed by atoms with E-state index < -0.39 is 10.8 Å². The molecule has 1 amide bonds. The molecule has 1 rings (SSSR count). The predicted octanol–water partition coefficient (Wildman–Crippen LogP) is 0.724. The fourth-order valence-corrected chi connectivity index (χ4v) is 1.32. The molecule has 3 N–H and O–H groups in total. The Hall–Kier alpha value is -2.22. The van der Waals surface area contributed by atoms with Gasteiger partial charge < -0.3 is 5.32 Å². The number of benzene rings is 1. The van der Waals surface area contributed by atoms with Crippen LogP contribution in [0.15, 0.2) is 24.3 Å². The highest BCUT2D eigenvalue weighted by molar-refractivity contribution is 7.80. The van der Waals surface area contributed by atoms with E-state index in [2.05, 4.69) is 16.2 Å². The average molecular weight is 268 g/mol. The molecule has 0 aliphatic carbocycles. The Morgan fingerprint density at radius 3 is 2.44 bits per heavy atom. The zero-order valence-corrected chi connectivity index (χ0v) is 10.4. The first kappa shape index (κ1) is 13.8. The van der Waals surface area contributed by atoms with Gasteiger partial charge in [-0.25, -0.2) is 0 Å². The second-order valence-corrected chi connectivity index (χ2v) is 3.65. The van der Waals surface area contributed by atoms with Crippen LogP contribution in [0.2, 0.25) is 0 Å². The fraction of sp³-hybridized carbons (Fsp3) is 0.200. The molecule has 1 aromatic carbocycles. The van der Waals surface area contributed by atoms with Crippen LogP contribution in [-0.2, 0) is 0 Å². The minimum Gasteiger partial charge on any atom is -0.362 e. The van der Waals surface area contributed by atoms with Gasteiger partial charge in [-0.1, -0.05) is 0 Å². The monoisotopic (exact) mass is 268 g/mol. The molecule has 0 heterocycles. The summed E-state index contributed by atoms with van der Waals surface area (Å²) in [6, 6.07) is 5.26. The summed E-state index contributed by atoms with van der Waals surface area (Å²) in [5.41, 5.74) is 5.11. The van der Waals surface area contributed by atoms with Gasteiger partial charge in [0.1, 0.15) is 0 Å². The van der Waals surface area contributed by atoms with Crippen molar-refractivity contribution in [3.05, 3.63) is 39.9 Å². The molecule has 0 saturated heterocycles. The maximum Gasteiger partial charge on any atom is 0.269 e. The molecular weight excluding hydrogens is 256 g/mol. The number of nitrogens with one attached hydrogen (secondary N) is 3. The molecule has 0 aliphatic heterocycles. The SMILES string of the molecule is CCNC(=S)NNC(=O)c1ccc([N+](=O)[O-])cc1. The van der Waals surface area contributed by atoms with E-state index in [1.54, 1.807) is 0 Å². The lowest BCUT2D eigenvalue weighted by Gasteiger charge is -2.09. The van der Waals surface area contributed by atoms with E-state index in [1.807, 2.05) is 6.92 Å². The molecule has 0 fully saturated rings. The summed E-state index contributed by atoms with van der Waals surface area (Å²) in [6.07, 6.45) is 0. The number of nitro groups is 1. The second-order valence-electron chi connectivity index (χ2n) is 3.24. The topological polar surface area (TPSA) is 96.3 Å². The Bertz CT molecular complexity index is 461. The molecule has 0 saturated carbocycles. The Labute approximate surface area is 109 Å². The molecule has 8 heteroatoms. The number of carbonyl (C=O) groups excluding carboxylic acids is 1. The van der Waals surface area contributed by atoms with Gasteiger partial charge in [-0.15, -0.1) is 0 Å². The maximum absolute atomic E-state index is 11.6. The van der Waals surface area contributed by atoms with Gasteiger partial charge >= 0.3 is 0 Å². The highest BCUT2D eigenvalue weighted by atomic mass is 32.1. The summed E-state index contributed by atoms with van der Waals surface area (Å²) in [6.45, 7) is 2.51. The van der Waals surface area contributed by atoms with E-state index in [0.717, 1.165) is 0 Å². The van der Waals surface area contributed by atoms with E-state index in [0.29, 0.717) is 17.2 Å². The molecule has 0 atom stereocenters. The molecule has 7 nitrogen and oxygen atoms in total. The number of amides is 1. The largest absolute Gasteiger partial charge is 0.362 e. The van der Waals surface area contributed by atoms with Crippen molar-refractivity contribution in [1.29, 1.82) is 0 Å². The lowest BCUT2D eigenvalue weighted by molar-refractivity contribution is -0.384. The van der Waals surface area contributed by atoms with E-state index in [-0.39, 0.29) is 5.69 Å². The molecule has 0 aromatic heterocycles. The van der Waals surface area contributed by atoms with Crippen molar-refractivity contribution in [1.82, 2.24) is 16.2 Å². The van der Waals surface area contributed by atoms with Crippen LogP contribution in [0.1, 0.15) is 17.3 Å². The lowest BCUT2D eigenvalue weighted by atomic mass is 10.2. The molecular formula is C10H12N4O3S. The van der Waals surface area contributed by atoms with Crippen LogP contribution >= 0.6 is 12.2 Å². The minimum atomic E-state index is -0.528. The van der Waals surface area contributed by atoms with E-state index in [4.69, 9.17) is 12.2 Å². The van der Waals surface area contributed by atoms with Crippen LogP contribution in [0.5, 0.6) is 0 Å². The van der Waals surface area contributed by atoms with Crippen LogP contribution in [0, 0.1) is 10.1 Å². The number of carbonyl (C=O) groups is 1. The summed E-state index contributed by atoms with van der Waals surface area (Å²) in [4.78, 5) is 21.5. The minimum absolute atomic E-state index is 0.0670. The first-order chi connectivity index (χ1) is 8.54. The second kappa shape index (κ2) is 6.50. The number of nitrogens with zero attached hydrogens (tertiary/aromatic N) is 1. The van der Waals surface area contributed by atoms with E-state index in [1.165, 1.54) is 24.3 Å². The Morgan fingerprint density at radius 1 is 1.33 bits per heavy atom. The number of rotatable bonds is 3. The molecule has 0 unspecified atom stereocenters. The molecule has 18 heavy (non-hydrogen) atoms. The summed E-state index contributed by atoms with van der Waals surface area (Å²) in [5.74, 6) is -0.426. The van der Waals surface area contributed by atoms with Gasteiger partial charge in [-0.2, -0.15) is 0 Å². The number of hydrazine groups is 1. The molecule has 1 aromatic rings. The lowest BCUT2D eigenvalue weighted by Crippen LogP contribution is -2.46. The maximum atomic E-state index is 11.6. The summed E-state index contributed by atoms with van der Waals surface area (Å²) >= 11 is 4.85. The highest BCUT2D eigenvalue weighted by Gasteiger charge is 2.09. The zero-order chi connectivity index (χ0) is 13.5. The third-order valence-electron chi connectivity index (χ3n) is 1.97. The summed E-state index contributed by atoms with van der Waals surface area (Å²) in [5, 5.41) is 13.5. The van der Waals surface area contributed by atoms with Gasteiger partial charge in [0.25, 0.3) is 11.6 Å². The van der Waals surface area contributed by atoms with Gasteiger partial charge in [0.05, 0.1) is 4.92 Å². The number of hydrogen-bond donors (Lipinski definition) is 3. The smallest absolute Gasteiger partial charge is 0.269 e. The first-order valence-corrected chi connectivity index (χ1v) is 5.54. The molecule has 0 bridgehead atoms. The first-order valence-electron chi connectivity index (χ1n) is 5.13. The molecule has 0 spiro atoms. The molecule has 0 aliphatic rings. The normalized spacial score (nSPS) is 9.39. The number of thiocarbonyl (C=S) groups is 1. The average Bonchev–Trinajstić information content (AvgIpc) is 2.36. The van der Waals surface area contributed by atoms with Gasteiger partial charge in [-0.3, -0.25) is 25.8 Å². The Balaban J connectivity index is 2.56. The summed E-state index contributed by atoms with van der Waals surface area (Å²) < 4.78 is 0. The molecule has 0 radical (unpaired) electrons. The number of nitro benzene ring substituents is 1. The van der Waals surface area contributed by atoms with Crippen LogP contribution < -0.4 is 16.2 Å². The van der Waals surface area contributed by atoms with Crippen molar-refractivity contribution in [2.24, 2.45) is 0 Å². The summed E-state index contributed by atoms with van der Waals surface area (Å²) in [7, 11) is 0. The van der Waals surface area contributed by atoms with Gasteiger partial charge in [-0.05, 0) is 31.3 Å². The number of hydrogen-bond acceptors (Lipinski definition) is 4. The van der Waals surface area contributed by atoms with Crippen molar-refractivity contribution in [3.8, 4) is 0 Å². The van der Waals surface area contributed by atoms with Crippen molar-refractivity contribution in [2.75, 3.05) is 6.54 Å². The van der Waals surface area contributed by atoms with Crippen LogP contribution in [0.25, 0.3) is 0 Å². The van der Waals surface area contributed by atoms with Gasteiger partial charge in [0, 0.05) is 24.2 Å². The van der Waals surface area contributed by atoms with Crippen LogP contribution in [0.3, 0.4) is 0 Å². The third kappa shape index (κ3) is 3.98. The Morgan fingerprint density at radius 2 is 1.94 bits per heavy atom. The van der Waals surface area contributed by atoms with Crippen molar-refractivity contribution in [2.45, 2.75) is 6.92 Å².